The van der Waals surface area contributed by atoms with Gasteiger partial charge in [0.25, 0.3) is 0 Å². The summed E-state index contributed by atoms with van der Waals surface area (Å²) in [4.78, 5) is 2.48. The van der Waals surface area contributed by atoms with Crippen LogP contribution in [0.25, 0.3) is 0 Å². The molecule has 2 aromatic rings. The lowest BCUT2D eigenvalue weighted by molar-refractivity contribution is 0.414. The molecule has 0 radical (unpaired) electrons. The van der Waals surface area contributed by atoms with E-state index in [0.717, 1.165) is 38.3 Å². The zero-order valence-electron chi connectivity index (χ0n) is 12.5. The van der Waals surface area contributed by atoms with Gasteiger partial charge in [0.15, 0.2) is 0 Å². The van der Waals surface area contributed by atoms with Crippen molar-refractivity contribution < 1.29 is 4.74 Å². The van der Waals surface area contributed by atoms with Crippen molar-refractivity contribution in [2.24, 2.45) is 0 Å². The summed E-state index contributed by atoms with van der Waals surface area (Å²) < 4.78 is 5.22. The van der Waals surface area contributed by atoms with E-state index in [1.54, 1.807) is 7.11 Å². The third-order valence-corrected chi connectivity index (χ3v) is 4.00. The first-order valence-electron chi connectivity index (χ1n) is 7.53. The van der Waals surface area contributed by atoms with Crippen LogP contribution in [0.15, 0.2) is 48.5 Å². The fourth-order valence-corrected chi connectivity index (χ4v) is 2.84. The Morgan fingerprint density at radius 3 is 2.43 bits per heavy atom. The number of hydrogen-bond donors (Lipinski definition) is 1. The van der Waals surface area contributed by atoms with Gasteiger partial charge in [-0.15, -0.1) is 0 Å². The van der Waals surface area contributed by atoms with E-state index in [1.165, 1.54) is 16.8 Å². The zero-order chi connectivity index (χ0) is 14.5. The van der Waals surface area contributed by atoms with Crippen LogP contribution in [-0.2, 0) is 6.42 Å². The van der Waals surface area contributed by atoms with Gasteiger partial charge in [-0.2, -0.15) is 0 Å². The molecule has 1 fully saturated rings. The highest BCUT2D eigenvalue weighted by Crippen LogP contribution is 2.24. The molecule has 1 N–H and O–H groups in total. The molecule has 0 saturated carbocycles. The monoisotopic (exact) mass is 282 g/mol. The second-order valence-electron chi connectivity index (χ2n) is 5.39. The SMILES string of the molecule is COc1ccc(Cc2ccccc2N2CCNCC2)cc1. The molecular formula is C18H22N2O. The van der Waals surface area contributed by atoms with Crippen molar-refractivity contribution in [2.45, 2.75) is 6.42 Å². The number of para-hydroxylation sites is 1. The van der Waals surface area contributed by atoms with Crippen LogP contribution in [0.1, 0.15) is 11.1 Å². The van der Waals surface area contributed by atoms with Gasteiger partial charge in [-0.3, -0.25) is 0 Å². The molecule has 0 bridgehead atoms. The summed E-state index contributed by atoms with van der Waals surface area (Å²) in [5, 5.41) is 3.41. The van der Waals surface area contributed by atoms with Crippen molar-refractivity contribution in [3.05, 3.63) is 59.7 Å². The Balaban J connectivity index is 1.80. The van der Waals surface area contributed by atoms with Gasteiger partial charge < -0.3 is 15.0 Å². The first-order chi connectivity index (χ1) is 10.4. The highest BCUT2D eigenvalue weighted by molar-refractivity contribution is 5.55. The molecule has 0 aromatic heterocycles. The van der Waals surface area contributed by atoms with Crippen molar-refractivity contribution in [3.8, 4) is 5.75 Å². The first-order valence-corrected chi connectivity index (χ1v) is 7.53. The number of hydrogen-bond acceptors (Lipinski definition) is 3. The number of piperazine rings is 1. The summed E-state index contributed by atoms with van der Waals surface area (Å²) in [5.41, 5.74) is 4.08. The Morgan fingerprint density at radius 1 is 1.00 bits per heavy atom. The van der Waals surface area contributed by atoms with E-state index in [2.05, 4.69) is 46.6 Å². The first kappa shape index (κ1) is 14.0. The fourth-order valence-electron chi connectivity index (χ4n) is 2.84. The summed E-state index contributed by atoms with van der Waals surface area (Å²) >= 11 is 0. The molecule has 3 nitrogen and oxygen atoms in total. The summed E-state index contributed by atoms with van der Waals surface area (Å²) in [7, 11) is 1.70. The van der Waals surface area contributed by atoms with Gasteiger partial charge in [-0.05, 0) is 35.7 Å². The predicted octanol–water partition coefficient (Wildman–Crippen LogP) is 2.70. The van der Waals surface area contributed by atoms with E-state index < -0.39 is 0 Å². The minimum Gasteiger partial charge on any atom is -0.497 e. The second-order valence-corrected chi connectivity index (χ2v) is 5.39. The number of methoxy groups -OCH3 is 1. The molecule has 0 amide bonds. The van der Waals surface area contributed by atoms with Crippen molar-refractivity contribution in [1.82, 2.24) is 5.32 Å². The van der Waals surface area contributed by atoms with Gasteiger partial charge in [0.1, 0.15) is 5.75 Å². The number of anilines is 1. The zero-order valence-corrected chi connectivity index (χ0v) is 12.5. The maximum atomic E-state index is 5.22. The van der Waals surface area contributed by atoms with Crippen LogP contribution < -0.4 is 15.0 Å². The molecule has 0 aliphatic carbocycles. The Bertz CT molecular complexity index is 574. The summed E-state index contributed by atoms with van der Waals surface area (Å²) in [6.45, 7) is 4.30. The molecule has 2 aromatic carbocycles. The minimum absolute atomic E-state index is 0.911. The Hall–Kier alpha value is -2.00. The van der Waals surface area contributed by atoms with Gasteiger partial charge in [0, 0.05) is 31.9 Å². The molecular weight excluding hydrogens is 260 g/mol. The third-order valence-electron chi connectivity index (χ3n) is 4.00. The van der Waals surface area contributed by atoms with E-state index in [0.29, 0.717) is 0 Å². The van der Waals surface area contributed by atoms with E-state index in [-0.39, 0.29) is 0 Å². The van der Waals surface area contributed by atoms with E-state index in [9.17, 15) is 0 Å². The molecule has 1 heterocycles. The third kappa shape index (κ3) is 3.37. The predicted molar refractivity (Wildman–Crippen MR) is 87.3 cm³/mol. The lowest BCUT2D eigenvalue weighted by Crippen LogP contribution is -2.43. The van der Waals surface area contributed by atoms with Crippen molar-refractivity contribution >= 4 is 5.69 Å². The lowest BCUT2D eigenvalue weighted by Gasteiger charge is -2.31. The lowest BCUT2D eigenvalue weighted by atomic mass is 10.0. The van der Waals surface area contributed by atoms with Crippen molar-refractivity contribution in [2.75, 3.05) is 38.2 Å². The van der Waals surface area contributed by atoms with Crippen LogP contribution >= 0.6 is 0 Å². The molecule has 1 aliphatic heterocycles. The van der Waals surface area contributed by atoms with Crippen LogP contribution in [0, 0.1) is 0 Å². The average molecular weight is 282 g/mol. The number of ether oxygens (including phenoxy) is 1. The van der Waals surface area contributed by atoms with Crippen molar-refractivity contribution in [1.29, 1.82) is 0 Å². The Morgan fingerprint density at radius 2 is 1.71 bits per heavy atom. The minimum atomic E-state index is 0.911. The number of benzene rings is 2. The van der Waals surface area contributed by atoms with E-state index in [1.807, 2.05) is 12.1 Å². The highest BCUT2D eigenvalue weighted by atomic mass is 16.5. The van der Waals surface area contributed by atoms with Gasteiger partial charge in [-0.1, -0.05) is 30.3 Å². The standard InChI is InChI=1S/C18H22N2O/c1-21-17-8-6-15(7-9-17)14-16-4-2-3-5-18(16)20-12-10-19-11-13-20/h2-9,19H,10-14H2,1H3. The van der Waals surface area contributed by atoms with Gasteiger partial charge in [0.05, 0.1) is 7.11 Å². The maximum absolute atomic E-state index is 5.22. The normalized spacial score (nSPS) is 15.0. The van der Waals surface area contributed by atoms with Gasteiger partial charge in [0.2, 0.25) is 0 Å². The molecule has 1 aliphatic rings. The van der Waals surface area contributed by atoms with Gasteiger partial charge in [-0.25, -0.2) is 0 Å². The fraction of sp³-hybridized carbons (Fsp3) is 0.333. The second kappa shape index (κ2) is 6.64. The average Bonchev–Trinajstić information content (AvgIpc) is 2.57. The molecule has 0 spiro atoms. The Kier molecular flexibility index (Phi) is 4.41. The molecule has 110 valence electrons. The van der Waals surface area contributed by atoms with Crippen LogP contribution in [0.3, 0.4) is 0 Å². The smallest absolute Gasteiger partial charge is 0.118 e. The Labute approximate surface area is 126 Å². The van der Waals surface area contributed by atoms with E-state index in [4.69, 9.17) is 4.74 Å². The number of nitrogens with one attached hydrogen (secondary N) is 1. The summed E-state index contributed by atoms with van der Waals surface area (Å²) in [6, 6.07) is 17.1. The highest BCUT2D eigenvalue weighted by Gasteiger charge is 2.13. The molecule has 3 heteroatoms. The van der Waals surface area contributed by atoms with Crippen LogP contribution in [0.4, 0.5) is 5.69 Å². The summed E-state index contributed by atoms with van der Waals surface area (Å²) in [6.07, 6.45) is 0.962. The molecule has 0 unspecified atom stereocenters. The molecule has 21 heavy (non-hydrogen) atoms. The quantitative estimate of drug-likeness (QED) is 0.933. The maximum Gasteiger partial charge on any atom is 0.118 e. The van der Waals surface area contributed by atoms with E-state index >= 15 is 0 Å². The topological polar surface area (TPSA) is 24.5 Å². The van der Waals surface area contributed by atoms with Crippen LogP contribution in [-0.4, -0.2) is 33.3 Å². The van der Waals surface area contributed by atoms with Crippen LogP contribution in [0.2, 0.25) is 0 Å². The van der Waals surface area contributed by atoms with Crippen molar-refractivity contribution in [3.63, 3.8) is 0 Å². The van der Waals surface area contributed by atoms with Gasteiger partial charge >= 0.3 is 0 Å². The molecule has 3 rings (SSSR count). The molecule has 1 saturated heterocycles. The summed E-state index contributed by atoms with van der Waals surface area (Å²) in [5.74, 6) is 0.911. The number of nitrogens with zero attached hydrogens (tertiary/aromatic N) is 1. The van der Waals surface area contributed by atoms with Crippen LogP contribution in [0.5, 0.6) is 5.75 Å². The molecule has 0 atom stereocenters. The largest absolute Gasteiger partial charge is 0.497 e. The number of rotatable bonds is 4.